The van der Waals surface area contributed by atoms with Gasteiger partial charge in [-0.3, -0.25) is 4.79 Å². The highest BCUT2D eigenvalue weighted by Crippen LogP contribution is 2.37. The number of rotatable bonds is 12. The number of aromatic amines is 1. The third kappa shape index (κ3) is 8.96. The molecular formula is C35H55NO22. The van der Waals surface area contributed by atoms with Gasteiger partial charge >= 0.3 is 0 Å². The van der Waals surface area contributed by atoms with Crippen LogP contribution in [0.15, 0.2) is 12.3 Å². The van der Waals surface area contributed by atoms with Gasteiger partial charge < -0.3 is 109 Å². The Balaban J connectivity index is 1.19. The molecule has 5 aliphatic heterocycles. The van der Waals surface area contributed by atoms with Crippen LogP contribution in [-0.4, -0.2) is 221 Å². The van der Waals surface area contributed by atoms with Gasteiger partial charge in [0.2, 0.25) is 6.29 Å². The number of carbonyl (C=O) groups excluding carboxylic acids is 1. The lowest BCUT2D eigenvalue weighted by atomic mass is 9.96. The van der Waals surface area contributed by atoms with E-state index in [0.717, 1.165) is 0 Å². The van der Waals surface area contributed by atoms with Crippen LogP contribution in [0.3, 0.4) is 0 Å². The number of H-pyrrole nitrogens is 1. The first-order valence-electron chi connectivity index (χ1n) is 19.0. The highest BCUT2D eigenvalue weighted by molar-refractivity contribution is 5.94. The Kier molecular flexibility index (Phi) is 14.5. The van der Waals surface area contributed by atoms with Crippen LogP contribution in [0.2, 0.25) is 0 Å². The Morgan fingerprint density at radius 3 is 1.50 bits per heavy atom. The van der Waals surface area contributed by atoms with Crippen molar-refractivity contribution >= 4 is 5.78 Å². The summed E-state index contributed by atoms with van der Waals surface area (Å²) in [5.74, 6) is -0.373. The molecule has 0 bridgehead atoms. The predicted molar refractivity (Wildman–Crippen MR) is 184 cm³/mol. The Bertz CT molecular complexity index is 1510. The molecule has 0 radical (unpaired) electrons. The molecule has 24 atom stereocenters. The lowest BCUT2D eigenvalue weighted by Crippen LogP contribution is -2.67. The second kappa shape index (κ2) is 18.5. The van der Waals surface area contributed by atoms with Crippen LogP contribution in [0.5, 0.6) is 5.75 Å². The number of Topliss-reactive ketones (excluding diaryl/α,β-unsaturated/α-hetero) is 1. The van der Waals surface area contributed by atoms with Crippen molar-refractivity contribution in [2.45, 2.75) is 182 Å². The molecule has 332 valence electrons. The highest BCUT2D eigenvalue weighted by Gasteiger charge is 2.56. The maximum absolute atomic E-state index is 12.2. The van der Waals surface area contributed by atoms with E-state index < -0.39 is 160 Å². The molecular weight excluding hydrogens is 786 g/mol. The lowest BCUT2D eigenvalue weighted by molar-refractivity contribution is -0.386. The van der Waals surface area contributed by atoms with Gasteiger partial charge in [-0.2, -0.15) is 0 Å². The first-order valence-corrected chi connectivity index (χ1v) is 19.0. The molecule has 5 aliphatic rings. The molecule has 6 heterocycles. The van der Waals surface area contributed by atoms with Crippen LogP contribution in [0.25, 0.3) is 0 Å². The maximum atomic E-state index is 12.2. The van der Waals surface area contributed by atoms with Crippen molar-refractivity contribution in [1.29, 1.82) is 0 Å². The molecule has 6 rings (SSSR count). The Labute approximate surface area is 331 Å². The van der Waals surface area contributed by atoms with Crippen LogP contribution in [0.4, 0.5) is 0 Å². The van der Waals surface area contributed by atoms with Crippen molar-refractivity contribution in [3.8, 4) is 5.75 Å². The molecule has 0 aromatic carbocycles. The van der Waals surface area contributed by atoms with E-state index in [1.165, 1.54) is 46.9 Å². The van der Waals surface area contributed by atoms with Gasteiger partial charge in [-0.1, -0.05) is 0 Å². The van der Waals surface area contributed by atoms with E-state index in [1.807, 2.05) is 0 Å². The van der Waals surface area contributed by atoms with E-state index >= 15 is 0 Å². The van der Waals surface area contributed by atoms with Gasteiger partial charge in [0.25, 0.3) is 0 Å². The van der Waals surface area contributed by atoms with Gasteiger partial charge in [0.05, 0.1) is 31.0 Å². The van der Waals surface area contributed by atoms with E-state index in [2.05, 4.69) is 4.98 Å². The van der Waals surface area contributed by atoms with Crippen molar-refractivity contribution in [1.82, 2.24) is 4.98 Å². The van der Waals surface area contributed by atoms with Crippen molar-refractivity contribution < 1.29 is 108 Å². The van der Waals surface area contributed by atoms with E-state index in [0.29, 0.717) is 0 Å². The van der Waals surface area contributed by atoms with E-state index in [1.54, 1.807) is 0 Å². The van der Waals surface area contributed by atoms with Gasteiger partial charge in [-0.25, -0.2) is 0 Å². The summed E-state index contributed by atoms with van der Waals surface area (Å²) >= 11 is 0. The fourth-order valence-electron chi connectivity index (χ4n) is 7.54. The number of aromatic nitrogens is 1. The third-order valence-corrected chi connectivity index (χ3v) is 11.1. The second-order valence-electron chi connectivity index (χ2n) is 15.3. The van der Waals surface area contributed by atoms with Crippen molar-refractivity contribution in [2.75, 3.05) is 6.61 Å². The summed E-state index contributed by atoms with van der Waals surface area (Å²) in [7, 11) is 0. The lowest BCUT2D eigenvalue weighted by Gasteiger charge is -2.49. The number of hydrogen-bond donors (Lipinski definition) is 12. The van der Waals surface area contributed by atoms with Crippen LogP contribution in [0, 0.1) is 0 Å². The standard InChI is InChI=1S/C35H55NO22/c1-9(38)16-14(6-7-36-16)53-35-30(58-31-23(45)21(43)17(39)10(2)49-31)24(46)27(13(5)52-35)55-33-25(47)29(19(41)11(3)50-33)57-34-26(48)28(18(40)12(4)51-34)56-32-22(44)20(42)15(8-37)54-32/h6-7,10-13,15,17-37,39-48H,8H2,1-5H3. The minimum atomic E-state index is -1.88. The average Bonchev–Trinajstić information content (AvgIpc) is 3.76. The number of aliphatic hydroxyl groups excluding tert-OH is 11. The van der Waals surface area contributed by atoms with E-state index in [-0.39, 0.29) is 11.4 Å². The van der Waals surface area contributed by atoms with Crippen molar-refractivity contribution in [3.05, 3.63) is 18.0 Å². The van der Waals surface area contributed by atoms with Crippen molar-refractivity contribution in [3.63, 3.8) is 0 Å². The van der Waals surface area contributed by atoms with Crippen molar-refractivity contribution in [2.24, 2.45) is 0 Å². The number of ketones is 1. The molecule has 1 aromatic rings. The van der Waals surface area contributed by atoms with Gasteiger partial charge in [0.15, 0.2) is 42.8 Å². The monoisotopic (exact) mass is 841 g/mol. The van der Waals surface area contributed by atoms with Gasteiger partial charge in [0, 0.05) is 13.1 Å². The molecule has 0 aliphatic carbocycles. The van der Waals surface area contributed by atoms with Gasteiger partial charge in [0.1, 0.15) is 91.1 Å². The minimum Gasteiger partial charge on any atom is -0.460 e. The molecule has 5 saturated heterocycles. The Morgan fingerprint density at radius 2 is 0.983 bits per heavy atom. The summed E-state index contributed by atoms with van der Waals surface area (Å²) in [6, 6.07) is 1.43. The average molecular weight is 842 g/mol. The fourth-order valence-corrected chi connectivity index (χ4v) is 7.54. The zero-order valence-electron chi connectivity index (χ0n) is 32.1. The smallest absolute Gasteiger partial charge is 0.229 e. The van der Waals surface area contributed by atoms with Crippen LogP contribution >= 0.6 is 0 Å². The molecule has 23 nitrogen and oxygen atoms in total. The third-order valence-electron chi connectivity index (χ3n) is 11.1. The minimum absolute atomic E-state index is 0.0214. The van der Waals surface area contributed by atoms with E-state index in [9.17, 15) is 61.0 Å². The van der Waals surface area contributed by atoms with Gasteiger partial charge in [-0.05, 0) is 33.8 Å². The first-order chi connectivity index (χ1) is 27.3. The summed E-state index contributed by atoms with van der Waals surface area (Å²) in [4.78, 5) is 15.0. The molecule has 24 unspecified atom stereocenters. The normalized spacial score (nSPS) is 50.1. The molecule has 1 aromatic heterocycles. The molecule has 58 heavy (non-hydrogen) atoms. The maximum Gasteiger partial charge on any atom is 0.229 e. The fraction of sp³-hybridized carbons (Fsp3) is 0.857. The first kappa shape index (κ1) is 45.5. The number of carbonyl (C=O) groups is 1. The molecule has 5 fully saturated rings. The molecule has 0 spiro atoms. The summed E-state index contributed by atoms with van der Waals surface area (Å²) < 4.78 is 58.0. The molecule has 12 N–H and O–H groups in total. The largest absolute Gasteiger partial charge is 0.460 e. The summed E-state index contributed by atoms with van der Waals surface area (Å²) in [6.45, 7) is 6.35. The SMILES string of the molecule is CC(=O)c1[nH]ccc1OC1OC(C)C(OC2OC(C)C(O)C(OC3OC(C)C(O)C(OC4OC(CO)C(O)C4O)C3O)C2O)C(O)C1OC1OC(C)C(O)C(O)C1O. The van der Waals surface area contributed by atoms with Gasteiger partial charge in [-0.15, -0.1) is 0 Å². The van der Waals surface area contributed by atoms with Crippen LogP contribution < -0.4 is 4.74 Å². The molecule has 0 saturated carbocycles. The molecule has 0 amide bonds. The zero-order chi connectivity index (χ0) is 42.5. The zero-order valence-corrected chi connectivity index (χ0v) is 32.1. The van der Waals surface area contributed by atoms with Crippen LogP contribution in [0.1, 0.15) is 45.1 Å². The Morgan fingerprint density at radius 1 is 0.534 bits per heavy atom. The summed E-state index contributed by atoms with van der Waals surface area (Å²) in [6.07, 6.45) is -35.4. The second-order valence-corrected chi connectivity index (χ2v) is 15.3. The highest BCUT2D eigenvalue weighted by atomic mass is 16.8. The molecule has 23 heteroatoms. The number of nitrogens with one attached hydrogen (secondary N) is 1. The number of hydrogen-bond acceptors (Lipinski definition) is 22. The summed E-state index contributed by atoms with van der Waals surface area (Å²) in [5, 5.41) is 118. The topological polar surface area (TPSA) is 348 Å². The number of aliphatic hydroxyl groups is 11. The predicted octanol–water partition coefficient (Wildman–Crippen LogP) is -5.56. The van der Waals surface area contributed by atoms with E-state index in [4.69, 9.17) is 47.4 Å². The quantitative estimate of drug-likeness (QED) is 0.0873. The summed E-state index contributed by atoms with van der Waals surface area (Å²) in [5.41, 5.74) is 0.0637. The Hall–Kier alpha value is -2.05. The number of ether oxygens (including phenoxy) is 10. The van der Waals surface area contributed by atoms with Crippen LogP contribution in [-0.2, 0) is 42.6 Å².